The van der Waals surface area contributed by atoms with Gasteiger partial charge >= 0.3 is 0 Å². The molecule has 1 aromatic carbocycles. The second-order valence-electron chi connectivity index (χ2n) is 6.45. The molecule has 0 amide bonds. The monoisotopic (exact) mass is 487 g/mol. The maximum Gasteiger partial charge on any atom is 0.191 e. The predicted octanol–water partition coefficient (Wildman–Crippen LogP) is 2.74. The Morgan fingerprint density at radius 1 is 1.29 bits per heavy atom. The molecule has 0 aromatic heterocycles. The average molecular weight is 488 g/mol. The molecule has 1 rings (SSSR count). The summed E-state index contributed by atoms with van der Waals surface area (Å²) in [4.78, 5) is 4.11. The van der Waals surface area contributed by atoms with E-state index in [1.807, 2.05) is 18.2 Å². The fraction of sp³-hybridized carbons (Fsp3) is 0.562. The van der Waals surface area contributed by atoms with E-state index in [0.717, 1.165) is 11.4 Å². The Kier molecular flexibility index (Phi) is 10.2. The van der Waals surface area contributed by atoms with E-state index >= 15 is 0 Å². The van der Waals surface area contributed by atoms with Crippen molar-refractivity contribution in [3.05, 3.63) is 34.9 Å². The van der Waals surface area contributed by atoms with Gasteiger partial charge in [-0.3, -0.25) is 4.99 Å². The van der Waals surface area contributed by atoms with Crippen molar-refractivity contribution in [3.8, 4) is 0 Å². The van der Waals surface area contributed by atoms with Crippen LogP contribution in [0.4, 0.5) is 0 Å². The van der Waals surface area contributed by atoms with Crippen LogP contribution in [-0.4, -0.2) is 46.5 Å². The number of aliphatic imine (C=N–C) groups is 1. The van der Waals surface area contributed by atoms with Gasteiger partial charge in [-0.1, -0.05) is 37.6 Å². The molecule has 0 saturated carbocycles. The summed E-state index contributed by atoms with van der Waals surface area (Å²) in [5, 5.41) is 6.99. The molecule has 24 heavy (non-hydrogen) atoms. The normalized spacial score (nSPS) is 12.5. The van der Waals surface area contributed by atoms with E-state index < -0.39 is 9.84 Å². The number of rotatable bonds is 7. The Morgan fingerprint density at radius 3 is 2.50 bits per heavy atom. The molecule has 0 spiro atoms. The molecule has 0 fully saturated rings. The molecule has 8 heteroatoms. The first-order valence-electron chi connectivity index (χ1n) is 7.48. The van der Waals surface area contributed by atoms with Gasteiger partial charge in [0.25, 0.3) is 0 Å². The van der Waals surface area contributed by atoms with Gasteiger partial charge in [0.15, 0.2) is 5.96 Å². The minimum Gasteiger partial charge on any atom is -0.356 e. The fourth-order valence-corrected chi connectivity index (χ4v) is 2.85. The minimum atomic E-state index is -2.97. The second kappa shape index (κ2) is 10.5. The Bertz CT molecular complexity index is 648. The van der Waals surface area contributed by atoms with Crippen LogP contribution in [0.2, 0.25) is 5.02 Å². The fourth-order valence-electron chi connectivity index (χ4n) is 2.16. The molecular formula is C16H27ClIN3O2S. The van der Waals surface area contributed by atoms with Crippen molar-refractivity contribution in [1.82, 2.24) is 10.6 Å². The van der Waals surface area contributed by atoms with E-state index in [1.54, 1.807) is 7.05 Å². The molecule has 0 aliphatic rings. The van der Waals surface area contributed by atoms with Gasteiger partial charge < -0.3 is 10.6 Å². The topological polar surface area (TPSA) is 70.6 Å². The maximum atomic E-state index is 11.1. The van der Waals surface area contributed by atoms with Crippen LogP contribution >= 0.6 is 35.6 Å². The molecule has 5 nitrogen and oxygen atoms in total. The third-order valence-corrected chi connectivity index (χ3v) is 4.48. The van der Waals surface area contributed by atoms with Crippen molar-refractivity contribution in [2.45, 2.75) is 20.3 Å². The van der Waals surface area contributed by atoms with Gasteiger partial charge in [-0.05, 0) is 29.5 Å². The number of nitrogens with zero attached hydrogens (tertiary/aromatic N) is 1. The molecule has 0 atom stereocenters. The molecule has 0 aliphatic heterocycles. The van der Waals surface area contributed by atoms with Gasteiger partial charge in [0, 0.05) is 31.4 Å². The van der Waals surface area contributed by atoms with E-state index in [1.165, 1.54) is 11.8 Å². The SMILES string of the molecule is CN=C(NCCS(C)(=O)=O)NCC(C)(C)Cc1cccc(Cl)c1.I. The summed E-state index contributed by atoms with van der Waals surface area (Å²) in [5.74, 6) is 0.687. The highest BCUT2D eigenvalue weighted by Crippen LogP contribution is 2.22. The lowest BCUT2D eigenvalue weighted by Crippen LogP contribution is -2.43. The average Bonchev–Trinajstić information content (AvgIpc) is 2.40. The largest absolute Gasteiger partial charge is 0.356 e. The third kappa shape index (κ3) is 10.4. The number of nitrogens with one attached hydrogen (secondary N) is 2. The van der Waals surface area contributed by atoms with Crippen LogP contribution in [-0.2, 0) is 16.3 Å². The van der Waals surface area contributed by atoms with Gasteiger partial charge in [-0.25, -0.2) is 8.42 Å². The van der Waals surface area contributed by atoms with Crippen LogP contribution in [0, 0.1) is 5.41 Å². The lowest BCUT2D eigenvalue weighted by molar-refractivity contribution is 0.359. The standard InChI is InChI=1S/C16H26ClN3O2S.HI/c1-16(2,11-13-6-5-7-14(17)10-13)12-20-15(18-3)19-8-9-23(4,21)22;/h5-7,10H,8-9,11-12H2,1-4H3,(H2,18,19,20);1H. The molecule has 0 aliphatic carbocycles. The van der Waals surface area contributed by atoms with Crippen LogP contribution in [0.3, 0.4) is 0 Å². The van der Waals surface area contributed by atoms with Crippen LogP contribution in [0.25, 0.3) is 0 Å². The molecule has 0 radical (unpaired) electrons. The Hall–Kier alpha value is -0.540. The van der Waals surface area contributed by atoms with E-state index in [2.05, 4.69) is 35.5 Å². The smallest absolute Gasteiger partial charge is 0.191 e. The quantitative estimate of drug-likeness (QED) is 0.352. The summed E-state index contributed by atoms with van der Waals surface area (Å²) in [7, 11) is -1.31. The lowest BCUT2D eigenvalue weighted by Gasteiger charge is -2.26. The number of hydrogen-bond donors (Lipinski definition) is 2. The van der Waals surface area contributed by atoms with Crippen molar-refractivity contribution in [3.63, 3.8) is 0 Å². The zero-order valence-electron chi connectivity index (χ0n) is 14.6. The van der Waals surface area contributed by atoms with Crippen LogP contribution in [0.1, 0.15) is 19.4 Å². The van der Waals surface area contributed by atoms with E-state index in [0.29, 0.717) is 19.0 Å². The summed E-state index contributed by atoms with van der Waals surface area (Å²) in [6.45, 7) is 5.36. The van der Waals surface area contributed by atoms with Gasteiger partial charge in [0.2, 0.25) is 0 Å². The summed E-state index contributed by atoms with van der Waals surface area (Å²) in [6, 6.07) is 7.85. The summed E-state index contributed by atoms with van der Waals surface area (Å²) in [5.41, 5.74) is 1.18. The molecule has 0 heterocycles. The molecule has 1 aromatic rings. The van der Waals surface area contributed by atoms with Crippen molar-refractivity contribution in [2.75, 3.05) is 32.1 Å². The maximum absolute atomic E-state index is 11.1. The highest BCUT2D eigenvalue weighted by Gasteiger charge is 2.19. The molecule has 0 unspecified atom stereocenters. The van der Waals surface area contributed by atoms with Gasteiger partial charge in [-0.15, -0.1) is 24.0 Å². The summed E-state index contributed by atoms with van der Waals surface area (Å²) >= 11 is 6.02. The Balaban J connectivity index is 0.00000529. The van der Waals surface area contributed by atoms with E-state index in [-0.39, 0.29) is 35.1 Å². The zero-order valence-corrected chi connectivity index (χ0v) is 18.5. The molecule has 0 saturated heterocycles. The summed E-state index contributed by atoms with van der Waals surface area (Å²) in [6.07, 6.45) is 2.10. The van der Waals surface area contributed by atoms with Crippen molar-refractivity contribution < 1.29 is 8.42 Å². The van der Waals surface area contributed by atoms with Crippen molar-refractivity contribution >= 4 is 51.4 Å². The number of guanidine groups is 1. The molecule has 138 valence electrons. The highest BCUT2D eigenvalue weighted by molar-refractivity contribution is 14.0. The van der Waals surface area contributed by atoms with Crippen molar-refractivity contribution in [1.29, 1.82) is 0 Å². The van der Waals surface area contributed by atoms with Crippen LogP contribution in [0.5, 0.6) is 0 Å². The van der Waals surface area contributed by atoms with E-state index in [4.69, 9.17) is 11.6 Å². The van der Waals surface area contributed by atoms with E-state index in [9.17, 15) is 8.42 Å². The second-order valence-corrected chi connectivity index (χ2v) is 9.15. The van der Waals surface area contributed by atoms with Gasteiger partial charge in [0.1, 0.15) is 9.84 Å². The van der Waals surface area contributed by atoms with Crippen LogP contribution in [0.15, 0.2) is 29.3 Å². The zero-order chi connectivity index (χ0) is 17.5. The first-order valence-corrected chi connectivity index (χ1v) is 9.92. The number of sulfone groups is 1. The van der Waals surface area contributed by atoms with Crippen molar-refractivity contribution in [2.24, 2.45) is 10.4 Å². The third-order valence-electron chi connectivity index (χ3n) is 3.29. The first kappa shape index (κ1) is 23.5. The number of benzene rings is 1. The Morgan fingerprint density at radius 2 is 1.96 bits per heavy atom. The Labute approximate surface area is 167 Å². The van der Waals surface area contributed by atoms with Gasteiger partial charge in [0.05, 0.1) is 5.75 Å². The van der Waals surface area contributed by atoms with Crippen LogP contribution < -0.4 is 10.6 Å². The number of halogens is 2. The first-order chi connectivity index (χ1) is 10.6. The molecule has 0 bridgehead atoms. The molecule has 2 N–H and O–H groups in total. The van der Waals surface area contributed by atoms with Gasteiger partial charge in [-0.2, -0.15) is 0 Å². The highest BCUT2D eigenvalue weighted by atomic mass is 127. The summed E-state index contributed by atoms with van der Waals surface area (Å²) < 4.78 is 22.3. The molecular weight excluding hydrogens is 461 g/mol. The lowest BCUT2D eigenvalue weighted by atomic mass is 9.86. The minimum absolute atomic E-state index is 0. The number of hydrogen-bond acceptors (Lipinski definition) is 3. The predicted molar refractivity (Wildman–Crippen MR) is 113 cm³/mol.